The van der Waals surface area contributed by atoms with Gasteiger partial charge in [0.2, 0.25) is 0 Å². The predicted molar refractivity (Wildman–Crippen MR) is 25.0 cm³/mol. The third-order valence-corrected chi connectivity index (χ3v) is 1.18. The fraction of sp³-hybridized carbons (Fsp3) is 1.00. The second-order valence-corrected chi connectivity index (χ2v) is 1.95. The monoisotopic (exact) mass is 103 g/mol. The lowest BCUT2D eigenvalue weighted by molar-refractivity contribution is -0.301. The summed E-state index contributed by atoms with van der Waals surface area (Å²) in [7, 11) is 1.98. The lowest BCUT2D eigenvalue weighted by Crippen LogP contribution is -2.49. The van der Waals surface area contributed by atoms with E-state index in [0.29, 0.717) is 0 Å². The number of hydrogen-bond donors (Lipinski definition) is 1. The Hall–Kier alpha value is -0.120. The molecule has 0 atom stereocenters. The molecule has 0 aromatic rings. The van der Waals surface area contributed by atoms with Gasteiger partial charge in [-0.1, -0.05) is 0 Å². The zero-order chi connectivity index (χ0) is 5.28. The van der Waals surface area contributed by atoms with Gasteiger partial charge in [-0.3, -0.25) is 5.26 Å². The van der Waals surface area contributed by atoms with Crippen LogP contribution in [0.2, 0.25) is 0 Å². The van der Waals surface area contributed by atoms with Crippen molar-refractivity contribution in [2.45, 2.75) is 6.10 Å². The molecule has 0 radical (unpaired) electrons. The highest BCUT2D eigenvalue weighted by Gasteiger charge is 2.23. The number of nitrogens with zero attached hydrogens (tertiary/aromatic N) is 1. The van der Waals surface area contributed by atoms with Crippen LogP contribution in [-0.4, -0.2) is 36.4 Å². The van der Waals surface area contributed by atoms with Gasteiger partial charge in [0.1, 0.15) is 6.10 Å². The Bertz CT molecular complexity index is 60.7. The molecule has 1 aliphatic rings. The zero-order valence-electron chi connectivity index (χ0n) is 4.29. The van der Waals surface area contributed by atoms with Crippen LogP contribution < -0.4 is 0 Å². The van der Waals surface area contributed by atoms with Gasteiger partial charge >= 0.3 is 0 Å². The highest BCUT2D eigenvalue weighted by atomic mass is 17.1. The number of hydrogen-bond acceptors (Lipinski definition) is 3. The summed E-state index contributed by atoms with van der Waals surface area (Å²) in [5, 5.41) is 7.98. The molecule has 1 aliphatic heterocycles. The molecule has 0 bridgehead atoms. The molecular formula is C4H9NO2. The van der Waals surface area contributed by atoms with E-state index in [-0.39, 0.29) is 6.10 Å². The van der Waals surface area contributed by atoms with Crippen LogP contribution in [0.1, 0.15) is 0 Å². The van der Waals surface area contributed by atoms with E-state index in [1.165, 1.54) is 0 Å². The normalized spacial score (nSPS) is 24.9. The van der Waals surface area contributed by atoms with E-state index < -0.39 is 0 Å². The average molecular weight is 103 g/mol. The van der Waals surface area contributed by atoms with E-state index >= 15 is 0 Å². The molecule has 0 amide bonds. The maximum absolute atomic E-state index is 7.98. The molecular weight excluding hydrogens is 94.0 g/mol. The van der Waals surface area contributed by atoms with Crippen molar-refractivity contribution in [2.75, 3.05) is 20.1 Å². The van der Waals surface area contributed by atoms with Crippen molar-refractivity contribution in [3.8, 4) is 0 Å². The maximum Gasteiger partial charge on any atom is 0.118 e. The first-order valence-electron chi connectivity index (χ1n) is 2.31. The Balaban J connectivity index is 2.06. The maximum atomic E-state index is 7.98. The summed E-state index contributed by atoms with van der Waals surface area (Å²) in [5.41, 5.74) is 0. The van der Waals surface area contributed by atoms with Crippen LogP contribution in [0, 0.1) is 0 Å². The van der Waals surface area contributed by atoms with Crippen molar-refractivity contribution in [1.29, 1.82) is 0 Å². The molecule has 3 nitrogen and oxygen atoms in total. The molecule has 0 aromatic heterocycles. The molecule has 1 rings (SSSR count). The largest absolute Gasteiger partial charge is 0.301 e. The smallest absolute Gasteiger partial charge is 0.118 e. The minimum atomic E-state index is 0.0741. The van der Waals surface area contributed by atoms with E-state index in [0.717, 1.165) is 13.1 Å². The minimum Gasteiger partial charge on any atom is -0.301 e. The van der Waals surface area contributed by atoms with E-state index in [2.05, 4.69) is 9.79 Å². The van der Waals surface area contributed by atoms with Gasteiger partial charge in [0, 0.05) is 13.1 Å². The van der Waals surface area contributed by atoms with Gasteiger partial charge in [-0.05, 0) is 7.05 Å². The quantitative estimate of drug-likeness (QED) is 0.368. The fourth-order valence-electron chi connectivity index (χ4n) is 0.708. The van der Waals surface area contributed by atoms with Crippen LogP contribution in [0.3, 0.4) is 0 Å². The van der Waals surface area contributed by atoms with Gasteiger partial charge < -0.3 is 4.90 Å². The van der Waals surface area contributed by atoms with Crippen LogP contribution in [0.15, 0.2) is 0 Å². The number of likely N-dealkylation sites (tertiary alicyclic amines) is 1. The molecule has 1 N–H and O–H groups in total. The van der Waals surface area contributed by atoms with Crippen LogP contribution in [0.25, 0.3) is 0 Å². The van der Waals surface area contributed by atoms with Crippen LogP contribution in [0.5, 0.6) is 0 Å². The van der Waals surface area contributed by atoms with Gasteiger partial charge in [0.15, 0.2) is 0 Å². The molecule has 0 spiro atoms. The molecule has 0 unspecified atom stereocenters. The number of likely N-dealkylation sites (N-methyl/N-ethyl adjacent to an activating group) is 1. The fourth-order valence-corrected chi connectivity index (χ4v) is 0.708. The molecule has 1 fully saturated rings. The summed E-state index contributed by atoms with van der Waals surface area (Å²) in [6.45, 7) is 1.72. The summed E-state index contributed by atoms with van der Waals surface area (Å²) < 4.78 is 0. The Kier molecular flexibility index (Phi) is 1.27. The van der Waals surface area contributed by atoms with Gasteiger partial charge in [-0.25, -0.2) is 4.89 Å². The molecule has 1 saturated heterocycles. The zero-order valence-corrected chi connectivity index (χ0v) is 4.29. The first-order chi connectivity index (χ1) is 3.33. The van der Waals surface area contributed by atoms with Crippen molar-refractivity contribution in [2.24, 2.45) is 0 Å². The molecule has 0 saturated carbocycles. The van der Waals surface area contributed by atoms with Crippen molar-refractivity contribution in [3.63, 3.8) is 0 Å². The summed E-state index contributed by atoms with van der Waals surface area (Å²) in [5.74, 6) is 0. The van der Waals surface area contributed by atoms with Crippen molar-refractivity contribution >= 4 is 0 Å². The molecule has 1 heterocycles. The lowest BCUT2D eigenvalue weighted by atomic mass is 10.2. The summed E-state index contributed by atoms with van der Waals surface area (Å²) in [6.07, 6.45) is 0.0741. The summed E-state index contributed by atoms with van der Waals surface area (Å²) in [4.78, 5) is 6.09. The lowest BCUT2D eigenvalue weighted by Gasteiger charge is -2.32. The SMILES string of the molecule is CN1CC(OO)C1. The first-order valence-corrected chi connectivity index (χ1v) is 2.31. The molecule has 42 valence electrons. The third kappa shape index (κ3) is 0.907. The van der Waals surface area contributed by atoms with Crippen LogP contribution in [-0.2, 0) is 4.89 Å². The highest BCUT2D eigenvalue weighted by molar-refractivity contribution is 4.75. The highest BCUT2D eigenvalue weighted by Crippen LogP contribution is 2.05. The molecule has 7 heavy (non-hydrogen) atoms. The van der Waals surface area contributed by atoms with E-state index in [1.807, 2.05) is 7.05 Å². The Labute approximate surface area is 42.4 Å². The Morgan fingerprint density at radius 3 is 2.43 bits per heavy atom. The first kappa shape index (κ1) is 5.03. The van der Waals surface area contributed by atoms with Gasteiger partial charge in [-0.15, -0.1) is 0 Å². The van der Waals surface area contributed by atoms with E-state index in [9.17, 15) is 0 Å². The Morgan fingerprint density at radius 1 is 1.71 bits per heavy atom. The molecule has 0 aromatic carbocycles. The summed E-state index contributed by atoms with van der Waals surface area (Å²) in [6, 6.07) is 0. The topological polar surface area (TPSA) is 32.7 Å². The minimum absolute atomic E-state index is 0.0741. The van der Waals surface area contributed by atoms with Crippen molar-refractivity contribution in [3.05, 3.63) is 0 Å². The molecule has 3 heteroatoms. The van der Waals surface area contributed by atoms with Gasteiger partial charge in [0.25, 0.3) is 0 Å². The Morgan fingerprint density at radius 2 is 2.29 bits per heavy atom. The van der Waals surface area contributed by atoms with Gasteiger partial charge in [0.05, 0.1) is 0 Å². The predicted octanol–water partition coefficient (Wildman–Crippen LogP) is -0.210. The second-order valence-electron chi connectivity index (χ2n) is 1.95. The second kappa shape index (κ2) is 1.78. The van der Waals surface area contributed by atoms with Crippen LogP contribution >= 0.6 is 0 Å². The van der Waals surface area contributed by atoms with E-state index in [1.54, 1.807) is 0 Å². The van der Waals surface area contributed by atoms with Gasteiger partial charge in [-0.2, -0.15) is 0 Å². The van der Waals surface area contributed by atoms with Crippen LogP contribution in [0.4, 0.5) is 0 Å². The van der Waals surface area contributed by atoms with Crippen molar-refractivity contribution < 1.29 is 10.1 Å². The molecule has 0 aliphatic carbocycles. The van der Waals surface area contributed by atoms with Crippen molar-refractivity contribution in [1.82, 2.24) is 4.90 Å². The standard InChI is InChI=1S/C4H9NO2/c1-5-2-4(3-5)7-6/h4,6H,2-3H2,1H3. The van der Waals surface area contributed by atoms with E-state index in [4.69, 9.17) is 5.26 Å². The summed E-state index contributed by atoms with van der Waals surface area (Å²) >= 11 is 0. The average Bonchev–Trinajstić information content (AvgIpc) is 1.58. The number of rotatable bonds is 1. The third-order valence-electron chi connectivity index (χ3n) is 1.18.